The largest absolute Gasteiger partial charge is 0.342 e. The highest BCUT2D eigenvalue weighted by molar-refractivity contribution is 5.65. The van der Waals surface area contributed by atoms with Gasteiger partial charge in [-0.2, -0.15) is 5.10 Å². The van der Waals surface area contributed by atoms with Gasteiger partial charge in [0.1, 0.15) is 18.3 Å². The summed E-state index contributed by atoms with van der Waals surface area (Å²) in [6.07, 6.45) is 1.95. The number of nitrogens with zero attached hydrogens (tertiary/aromatic N) is 3. The van der Waals surface area contributed by atoms with E-state index >= 15 is 0 Å². The van der Waals surface area contributed by atoms with Crippen molar-refractivity contribution in [1.29, 1.82) is 0 Å². The van der Waals surface area contributed by atoms with Gasteiger partial charge in [-0.25, -0.2) is 9.40 Å². The number of benzene rings is 1. The maximum absolute atomic E-state index is 12.9. The molecule has 15 heavy (non-hydrogen) atoms. The molecule has 80 valence electrons. The standard InChI is InChI=1S/C11H14FN3/c1-8-6-10(12)4-5-11(8)15-9(2)14(3)7-13-15/h4-7,9H,1-3H3. The van der Waals surface area contributed by atoms with Crippen LogP contribution in [0.2, 0.25) is 0 Å². The summed E-state index contributed by atoms with van der Waals surface area (Å²) >= 11 is 0. The molecule has 2 rings (SSSR count). The van der Waals surface area contributed by atoms with Crippen molar-refractivity contribution in [2.24, 2.45) is 5.10 Å². The van der Waals surface area contributed by atoms with Gasteiger partial charge in [0, 0.05) is 7.05 Å². The molecule has 0 amide bonds. The van der Waals surface area contributed by atoms with Crippen molar-refractivity contribution in [3.05, 3.63) is 29.6 Å². The second kappa shape index (κ2) is 3.53. The third kappa shape index (κ3) is 1.67. The van der Waals surface area contributed by atoms with Crippen LogP contribution in [-0.2, 0) is 0 Å². The molecule has 1 aromatic rings. The van der Waals surface area contributed by atoms with Crippen LogP contribution in [0.25, 0.3) is 0 Å². The molecule has 0 radical (unpaired) electrons. The van der Waals surface area contributed by atoms with Crippen molar-refractivity contribution in [2.75, 3.05) is 12.1 Å². The molecule has 1 aliphatic heterocycles. The summed E-state index contributed by atoms with van der Waals surface area (Å²) in [5, 5.41) is 6.15. The Balaban J connectivity index is 2.35. The van der Waals surface area contributed by atoms with Crippen molar-refractivity contribution in [2.45, 2.75) is 20.0 Å². The fourth-order valence-corrected chi connectivity index (χ4v) is 1.64. The van der Waals surface area contributed by atoms with Crippen LogP contribution in [0.15, 0.2) is 23.3 Å². The Morgan fingerprint density at radius 3 is 2.67 bits per heavy atom. The third-order valence-electron chi connectivity index (χ3n) is 2.71. The maximum atomic E-state index is 12.9. The first-order valence-electron chi connectivity index (χ1n) is 4.91. The monoisotopic (exact) mass is 207 g/mol. The summed E-state index contributed by atoms with van der Waals surface area (Å²) in [6, 6.07) is 4.75. The first-order valence-corrected chi connectivity index (χ1v) is 4.91. The molecule has 1 aromatic carbocycles. The molecule has 0 fully saturated rings. The van der Waals surface area contributed by atoms with Gasteiger partial charge in [-0.05, 0) is 37.6 Å². The first-order chi connectivity index (χ1) is 7.09. The predicted octanol–water partition coefficient (Wildman–Crippen LogP) is 2.18. The van der Waals surface area contributed by atoms with Crippen molar-refractivity contribution < 1.29 is 4.39 Å². The highest BCUT2D eigenvalue weighted by Gasteiger charge is 2.22. The minimum Gasteiger partial charge on any atom is -0.342 e. The summed E-state index contributed by atoms with van der Waals surface area (Å²) < 4.78 is 12.9. The van der Waals surface area contributed by atoms with Gasteiger partial charge in [0.05, 0.1) is 5.69 Å². The second-order valence-corrected chi connectivity index (χ2v) is 3.80. The average Bonchev–Trinajstić information content (AvgIpc) is 2.49. The molecule has 0 saturated heterocycles. The van der Waals surface area contributed by atoms with Crippen LogP contribution in [-0.4, -0.2) is 24.5 Å². The van der Waals surface area contributed by atoms with Crippen molar-refractivity contribution in [1.82, 2.24) is 4.90 Å². The Labute approximate surface area is 88.8 Å². The molecule has 0 spiro atoms. The van der Waals surface area contributed by atoms with Gasteiger partial charge >= 0.3 is 0 Å². The fourth-order valence-electron chi connectivity index (χ4n) is 1.64. The van der Waals surface area contributed by atoms with E-state index in [1.165, 1.54) is 12.1 Å². The Morgan fingerprint density at radius 1 is 1.40 bits per heavy atom. The Morgan fingerprint density at radius 2 is 2.13 bits per heavy atom. The number of hydrogen-bond donors (Lipinski definition) is 0. The smallest absolute Gasteiger partial charge is 0.123 e. The van der Waals surface area contributed by atoms with E-state index in [2.05, 4.69) is 12.0 Å². The highest BCUT2D eigenvalue weighted by Crippen LogP contribution is 2.25. The number of halogens is 1. The normalized spacial score (nSPS) is 20.1. The Bertz CT molecular complexity index is 403. The first kappa shape index (κ1) is 9.96. The minimum absolute atomic E-state index is 0.175. The second-order valence-electron chi connectivity index (χ2n) is 3.80. The zero-order valence-corrected chi connectivity index (χ0v) is 9.11. The zero-order chi connectivity index (χ0) is 11.0. The van der Waals surface area contributed by atoms with Crippen LogP contribution < -0.4 is 5.01 Å². The van der Waals surface area contributed by atoms with Crippen LogP contribution in [0.3, 0.4) is 0 Å². The highest BCUT2D eigenvalue weighted by atomic mass is 19.1. The van der Waals surface area contributed by atoms with Gasteiger partial charge in [-0.3, -0.25) is 0 Å². The van der Waals surface area contributed by atoms with Crippen molar-refractivity contribution in [3.63, 3.8) is 0 Å². The lowest BCUT2D eigenvalue weighted by Gasteiger charge is -2.25. The van der Waals surface area contributed by atoms with Crippen LogP contribution in [0, 0.1) is 12.7 Å². The molecular formula is C11H14FN3. The Hall–Kier alpha value is -1.58. The van der Waals surface area contributed by atoms with E-state index in [1.807, 2.05) is 23.9 Å². The lowest BCUT2D eigenvalue weighted by Crippen LogP contribution is -2.34. The van der Waals surface area contributed by atoms with E-state index in [0.29, 0.717) is 0 Å². The zero-order valence-electron chi connectivity index (χ0n) is 9.11. The summed E-state index contributed by atoms with van der Waals surface area (Å²) in [5.41, 5.74) is 1.85. The summed E-state index contributed by atoms with van der Waals surface area (Å²) in [4.78, 5) is 2.00. The molecule has 0 aliphatic carbocycles. The van der Waals surface area contributed by atoms with E-state index in [-0.39, 0.29) is 12.0 Å². The molecule has 1 atom stereocenters. The van der Waals surface area contributed by atoms with Crippen LogP contribution in [0.5, 0.6) is 0 Å². The average molecular weight is 207 g/mol. The van der Waals surface area contributed by atoms with E-state index in [1.54, 1.807) is 12.4 Å². The number of aryl methyl sites for hydroxylation is 1. The van der Waals surface area contributed by atoms with E-state index in [9.17, 15) is 4.39 Å². The number of anilines is 1. The molecule has 1 unspecified atom stereocenters. The molecule has 0 N–H and O–H groups in total. The predicted molar refractivity (Wildman–Crippen MR) is 59.3 cm³/mol. The fraction of sp³-hybridized carbons (Fsp3) is 0.364. The van der Waals surface area contributed by atoms with Gasteiger partial charge in [-0.1, -0.05) is 0 Å². The van der Waals surface area contributed by atoms with E-state index < -0.39 is 0 Å². The van der Waals surface area contributed by atoms with Crippen LogP contribution in [0.1, 0.15) is 12.5 Å². The van der Waals surface area contributed by atoms with E-state index in [4.69, 9.17) is 0 Å². The molecule has 0 saturated carbocycles. The molecule has 3 nitrogen and oxygen atoms in total. The topological polar surface area (TPSA) is 18.8 Å². The number of rotatable bonds is 1. The van der Waals surface area contributed by atoms with Gasteiger partial charge in [0.2, 0.25) is 0 Å². The van der Waals surface area contributed by atoms with Gasteiger partial charge in [0.15, 0.2) is 0 Å². The van der Waals surface area contributed by atoms with Gasteiger partial charge < -0.3 is 4.90 Å². The number of hydrogen-bond acceptors (Lipinski definition) is 3. The van der Waals surface area contributed by atoms with Crippen LogP contribution >= 0.6 is 0 Å². The molecular weight excluding hydrogens is 193 g/mol. The quantitative estimate of drug-likeness (QED) is 0.702. The molecule has 0 aromatic heterocycles. The summed E-state index contributed by atoms with van der Waals surface area (Å²) in [6.45, 7) is 3.94. The van der Waals surface area contributed by atoms with E-state index in [0.717, 1.165) is 11.3 Å². The number of hydrazone groups is 1. The summed E-state index contributed by atoms with van der Waals surface area (Å²) in [7, 11) is 1.97. The molecule has 0 bridgehead atoms. The lowest BCUT2D eigenvalue weighted by atomic mass is 10.2. The lowest BCUT2D eigenvalue weighted by molar-refractivity contribution is 0.420. The molecule has 4 heteroatoms. The SMILES string of the molecule is Cc1cc(F)ccc1N1N=CN(C)C1C. The third-order valence-corrected chi connectivity index (χ3v) is 2.71. The minimum atomic E-state index is -0.208. The maximum Gasteiger partial charge on any atom is 0.123 e. The van der Waals surface area contributed by atoms with Crippen molar-refractivity contribution >= 4 is 12.0 Å². The Kier molecular flexibility index (Phi) is 2.34. The van der Waals surface area contributed by atoms with Crippen LogP contribution in [0.4, 0.5) is 10.1 Å². The van der Waals surface area contributed by atoms with Crippen molar-refractivity contribution in [3.8, 4) is 0 Å². The molecule has 1 heterocycles. The van der Waals surface area contributed by atoms with Gasteiger partial charge in [-0.15, -0.1) is 0 Å². The van der Waals surface area contributed by atoms with Gasteiger partial charge in [0.25, 0.3) is 0 Å². The summed E-state index contributed by atoms with van der Waals surface area (Å²) in [5.74, 6) is -0.208. The molecule has 1 aliphatic rings.